The molecule has 0 bridgehead atoms. The minimum atomic E-state index is 0.143. The minimum Gasteiger partial charge on any atom is -0.396 e. The molecule has 0 aliphatic carbocycles. The predicted molar refractivity (Wildman–Crippen MR) is 114 cm³/mol. The zero-order valence-corrected chi connectivity index (χ0v) is 15.6. The fourth-order valence-electron chi connectivity index (χ4n) is 3.51. The maximum Gasteiger partial charge on any atom is 0.227 e. The van der Waals surface area contributed by atoms with E-state index in [4.69, 9.17) is 10.1 Å². The molecule has 4 aromatic rings. The third kappa shape index (κ3) is 3.30. The summed E-state index contributed by atoms with van der Waals surface area (Å²) in [4.78, 5) is 13.9. The third-order valence-electron chi connectivity index (χ3n) is 4.93. The van der Waals surface area contributed by atoms with Gasteiger partial charge in [-0.05, 0) is 42.3 Å². The Bertz CT molecular complexity index is 1170. The number of benzene rings is 2. The summed E-state index contributed by atoms with van der Waals surface area (Å²) in [7, 11) is 0. The third-order valence-corrected chi connectivity index (χ3v) is 4.93. The fourth-order valence-corrected chi connectivity index (χ4v) is 3.51. The summed E-state index contributed by atoms with van der Waals surface area (Å²) in [6.45, 7) is 0.143. The van der Waals surface area contributed by atoms with Crippen molar-refractivity contribution >= 4 is 23.1 Å². The van der Waals surface area contributed by atoms with Crippen LogP contribution in [-0.2, 0) is 6.42 Å². The first-order valence-corrected chi connectivity index (χ1v) is 9.47. The van der Waals surface area contributed by atoms with E-state index in [1.165, 1.54) is 0 Å². The molecule has 2 aromatic carbocycles. The summed E-state index contributed by atoms with van der Waals surface area (Å²) in [6.07, 6.45) is 4.27. The normalized spacial score (nSPS) is 11.5. The number of aliphatic hydroxyl groups excluding tert-OH is 1. The number of aromatic nitrogens is 3. The van der Waals surface area contributed by atoms with Gasteiger partial charge in [-0.15, -0.1) is 0 Å². The van der Waals surface area contributed by atoms with E-state index < -0.39 is 0 Å². The van der Waals surface area contributed by atoms with Crippen LogP contribution in [0.3, 0.4) is 0 Å². The van der Waals surface area contributed by atoms with Crippen LogP contribution in [0.5, 0.6) is 0 Å². The van der Waals surface area contributed by atoms with Gasteiger partial charge in [-0.25, -0.2) is 15.0 Å². The smallest absolute Gasteiger partial charge is 0.227 e. The number of aliphatic hydroxyl groups is 1. The van der Waals surface area contributed by atoms with Crippen LogP contribution in [0.25, 0.3) is 22.4 Å². The quantitative estimate of drug-likeness (QED) is 0.424. The number of nitrogens with zero attached hydrogens (tertiary/aromatic N) is 3. The number of para-hydroxylation sites is 1. The largest absolute Gasteiger partial charge is 0.396 e. The zero-order chi connectivity index (χ0) is 19.6. The second kappa shape index (κ2) is 7.33. The number of fused-ring (bicyclic) bond motifs is 5. The first kappa shape index (κ1) is 17.3. The van der Waals surface area contributed by atoms with E-state index in [1.54, 1.807) is 6.20 Å². The number of hydrogen-bond acceptors (Lipinski definition) is 6. The lowest BCUT2D eigenvalue weighted by molar-refractivity contribution is 0.299. The lowest BCUT2D eigenvalue weighted by Crippen LogP contribution is -2.00. The Morgan fingerprint density at radius 2 is 1.69 bits per heavy atom. The van der Waals surface area contributed by atoms with Crippen LogP contribution >= 0.6 is 0 Å². The topological polar surface area (TPSA) is 83.0 Å². The van der Waals surface area contributed by atoms with Gasteiger partial charge in [-0.1, -0.05) is 30.3 Å². The van der Waals surface area contributed by atoms with Crippen molar-refractivity contribution < 1.29 is 5.11 Å². The molecule has 0 saturated heterocycles. The van der Waals surface area contributed by atoms with Gasteiger partial charge in [-0.3, -0.25) is 0 Å². The second-order valence-corrected chi connectivity index (χ2v) is 6.82. The van der Waals surface area contributed by atoms with Gasteiger partial charge in [0.25, 0.3) is 0 Å². The highest BCUT2D eigenvalue weighted by molar-refractivity contribution is 5.95. The molecule has 0 spiro atoms. The zero-order valence-electron chi connectivity index (χ0n) is 15.6. The molecule has 3 N–H and O–H groups in total. The van der Waals surface area contributed by atoms with Crippen LogP contribution in [-0.4, -0.2) is 26.7 Å². The molecule has 0 unspecified atom stereocenters. The highest BCUT2D eigenvalue weighted by Gasteiger charge is 2.21. The first-order valence-electron chi connectivity index (χ1n) is 9.47. The Balaban J connectivity index is 1.57. The SMILES string of the molecule is OCCc1ccc(Nc2ncc3c(n2)-c2cccnc2Nc2ccccc2-3)cc1. The molecular formula is C23H19N5O. The van der Waals surface area contributed by atoms with Crippen LogP contribution in [0.1, 0.15) is 5.56 Å². The van der Waals surface area contributed by atoms with E-state index in [0.717, 1.165) is 45.1 Å². The molecule has 6 heteroatoms. The van der Waals surface area contributed by atoms with Gasteiger partial charge < -0.3 is 15.7 Å². The number of hydrogen-bond donors (Lipinski definition) is 3. The van der Waals surface area contributed by atoms with Crippen molar-refractivity contribution in [2.24, 2.45) is 0 Å². The summed E-state index contributed by atoms with van der Waals surface area (Å²) in [5.74, 6) is 1.30. The predicted octanol–water partition coefficient (Wildman–Crippen LogP) is 4.54. The van der Waals surface area contributed by atoms with Crippen molar-refractivity contribution in [2.45, 2.75) is 6.42 Å². The first-order chi connectivity index (χ1) is 14.3. The van der Waals surface area contributed by atoms with E-state index in [0.29, 0.717) is 12.4 Å². The average Bonchev–Trinajstić information content (AvgIpc) is 2.90. The fraction of sp³-hybridized carbons (Fsp3) is 0.0870. The Morgan fingerprint density at radius 3 is 2.55 bits per heavy atom. The maximum atomic E-state index is 9.06. The number of nitrogens with one attached hydrogen (secondary N) is 2. The number of rotatable bonds is 4. The molecule has 142 valence electrons. The molecule has 0 atom stereocenters. The maximum absolute atomic E-state index is 9.06. The monoisotopic (exact) mass is 381 g/mol. The molecule has 0 saturated carbocycles. The molecule has 2 aromatic heterocycles. The number of pyridine rings is 1. The van der Waals surface area contributed by atoms with Gasteiger partial charge in [0, 0.05) is 47.1 Å². The standard InChI is InChI=1S/C23H19N5O/c29-13-11-15-7-9-16(10-8-15)26-23-25-14-19-17-4-1-2-6-20(17)27-22-18(21(19)28-23)5-3-12-24-22/h1-10,12,14,29H,11,13H2,(H,24,27)(H,25,26,28). The van der Waals surface area contributed by atoms with E-state index >= 15 is 0 Å². The summed E-state index contributed by atoms with van der Waals surface area (Å²) in [6, 6.07) is 19.9. The van der Waals surface area contributed by atoms with Crippen LogP contribution in [0.4, 0.5) is 23.1 Å². The van der Waals surface area contributed by atoms with Crippen LogP contribution in [0, 0.1) is 0 Å². The lowest BCUT2D eigenvalue weighted by Gasteiger charge is -2.11. The molecule has 3 heterocycles. The van der Waals surface area contributed by atoms with Crippen LogP contribution in [0.2, 0.25) is 0 Å². The van der Waals surface area contributed by atoms with Crippen molar-refractivity contribution in [2.75, 3.05) is 17.2 Å². The Morgan fingerprint density at radius 1 is 0.862 bits per heavy atom. The molecule has 0 amide bonds. The highest BCUT2D eigenvalue weighted by atomic mass is 16.2. The molecule has 1 aliphatic heterocycles. The van der Waals surface area contributed by atoms with Gasteiger partial charge in [0.05, 0.1) is 5.69 Å². The molecule has 0 fully saturated rings. The highest BCUT2D eigenvalue weighted by Crippen LogP contribution is 2.42. The van der Waals surface area contributed by atoms with Crippen molar-refractivity contribution in [1.82, 2.24) is 15.0 Å². The van der Waals surface area contributed by atoms with Crippen molar-refractivity contribution in [3.05, 3.63) is 78.6 Å². The molecule has 6 nitrogen and oxygen atoms in total. The lowest BCUT2D eigenvalue weighted by atomic mass is 10.0. The van der Waals surface area contributed by atoms with Gasteiger partial charge in [-0.2, -0.15) is 0 Å². The van der Waals surface area contributed by atoms with E-state index in [-0.39, 0.29) is 6.61 Å². The number of anilines is 4. The summed E-state index contributed by atoms with van der Waals surface area (Å²) in [5, 5.41) is 15.8. The van der Waals surface area contributed by atoms with Crippen molar-refractivity contribution in [3.8, 4) is 22.4 Å². The Labute approximate surface area is 168 Å². The van der Waals surface area contributed by atoms with Gasteiger partial charge in [0.1, 0.15) is 5.82 Å². The van der Waals surface area contributed by atoms with Crippen LogP contribution in [0.15, 0.2) is 73.1 Å². The van der Waals surface area contributed by atoms with Crippen molar-refractivity contribution in [1.29, 1.82) is 0 Å². The van der Waals surface area contributed by atoms with Gasteiger partial charge in [0.2, 0.25) is 5.95 Å². The Hall–Kier alpha value is -3.77. The van der Waals surface area contributed by atoms with Crippen LogP contribution < -0.4 is 10.6 Å². The average molecular weight is 381 g/mol. The summed E-state index contributed by atoms with van der Waals surface area (Å²) < 4.78 is 0. The molecule has 29 heavy (non-hydrogen) atoms. The Kier molecular flexibility index (Phi) is 4.38. The molecule has 1 aliphatic rings. The summed E-state index contributed by atoms with van der Waals surface area (Å²) in [5.41, 5.74) is 6.73. The van der Waals surface area contributed by atoms with Gasteiger partial charge in [0.15, 0.2) is 0 Å². The molecular weight excluding hydrogens is 362 g/mol. The van der Waals surface area contributed by atoms with E-state index in [1.807, 2.05) is 60.8 Å². The summed E-state index contributed by atoms with van der Waals surface area (Å²) >= 11 is 0. The van der Waals surface area contributed by atoms with E-state index in [2.05, 4.69) is 26.7 Å². The minimum absolute atomic E-state index is 0.143. The van der Waals surface area contributed by atoms with Crippen molar-refractivity contribution in [3.63, 3.8) is 0 Å². The molecule has 0 radical (unpaired) electrons. The van der Waals surface area contributed by atoms with Gasteiger partial charge >= 0.3 is 0 Å². The second-order valence-electron chi connectivity index (χ2n) is 6.82. The molecule has 5 rings (SSSR count). The van der Waals surface area contributed by atoms with E-state index in [9.17, 15) is 0 Å².